The lowest BCUT2D eigenvalue weighted by atomic mass is 10.0. The van der Waals surface area contributed by atoms with Gasteiger partial charge in [0.15, 0.2) is 0 Å². The highest BCUT2D eigenvalue weighted by Gasteiger charge is 2.39. The van der Waals surface area contributed by atoms with E-state index in [4.69, 9.17) is 21.1 Å². The molecule has 1 heterocycles. The Bertz CT molecular complexity index is 1220. The number of pyridine rings is 1. The van der Waals surface area contributed by atoms with Gasteiger partial charge in [0.05, 0.1) is 21.5 Å². The number of hydrogen-bond donors (Lipinski definition) is 0. The number of aromatic nitrogens is 1. The van der Waals surface area contributed by atoms with Gasteiger partial charge in [-0.25, -0.2) is 0 Å². The molecular weight excluding hydrogens is 464 g/mol. The van der Waals surface area contributed by atoms with E-state index in [1.807, 2.05) is 0 Å². The molecule has 0 bridgehead atoms. The minimum absolute atomic E-state index is 0.109. The molecule has 0 aliphatic heterocycles. The molecule has 170 valence electrons. The van der Waals surface area contributed by atoms with Gasteiger partial charge in [0, 0.05) is 18.2 Å². The topological polar surface area (TPSA) is 48.4 Å². The molecule has 32 heavy (non-hydrogen) atoms. The lowest BCUT2D eigenvalue weighted by Gasteiger charge is -2.20. The van der Waals surface area contributed by atoms with Crippen LogP contribution < -0.4 is 9.47 Å². The Morgan fingerprint density at radius 3 is 2.12 bits per heavy atom. The zero-order chi connectivity index (χ0) is 24.0. The number of carbonyl (C=O) groups is 1. The lowest BCUT2D eigenvalue weighted by molar-refractivity contribution is -0.138. The van der Waals surface area contributed by atoms with Crippen LogP contribution in [-0.2, 0) is 17.1 Å². The van der Waals surface area contributed by atoms with E-state index in [0.29, 0.717) is 17.8 Å². The number of aryl methyl sites for hydroxylation is 1. The summed E-state index contributed by atoms with van der Waals surface area (Å²) in [5.41, 5.74) is -1.94. The largest absolute Gasteiger partial charge is 0.455 e. The molecule has 11 heteroatoms. The van der Waals surface area contributed by atoms with Crippen LogP contribution in [0, 0.1) is 13.8 Å². The van der Waals surface area contributed by atoms with Crippen LogP contribution in [-0.4, -0.2) is 11.0 Å². The normalized spacial score (nSPS) is 12.2. The Hall–Kier alpha value is -3.01. The first-order valence-electron chi connectivity index (χ1n) is 8.94. The van der Waals surface area contributed by atoms with Crippen LogP contribution in [0.25, 0.3) is 10.9 Å². The van der Waals surface area contributed by atoms with E-state index >= 15 is 0 Å². The minimum atomic E-state index is -4.99. The fraction of sp³-hybridized carbons (Fsp3) is 0.238. The van der Waals surface area contributed by atoms with Crippen molar-refractivity contribution in [2.45, 2.75) is 33.1 Å². The number of fused-ring (bicyclic) bond motifs is 1. The monoisotopic (exact) mass is 477 g/mol. The van der Waals surface area contributed by atoms with Gasteiger partial charge in [-0.15, -0.1) is 0 Å². The van der Waals surface area contributed by atoms with Crippen molar-refractivity contribution >= 4 is 28.5 Å². The molecule has 0 spiro atoms. The van der Waals surface area contributed by atoms with Gasteiger partial charge < -0.3 is 9.47 Å². The van der Waals surface area contributed by atoms with Crippen molar-refractivity contribution in [3.63, 3.8) is 0 Å². The molecule has 0 saturated carbocycles. The second kappa shape index (κ2) is 8.16. The van der Waals surface area contributed by atoms with Crippen LogP contribution >= 0.6 is 11.6 Å². The number of alkyl halides is 6. The van der Waals surface area contributed by atoms with E-state index in [9.17, 15) is 31.1 Å². The number of nitrogens with zero attached hydrogens (tertiary/aromatic N) is 1. The van der Waals surface area contributed by atoms with Gasteiger partial charge in [0.1, 0.15) is 22.8 Å². The van der Waals surface area contributed by atoms with Crippen molar-refractivity contribution in [1.29, 1.82) is 0 Å². The van der Waals surface area contributed by atoms with E-state index < -0.39 is 51.4 Å². The molecule has 0 amide bonds. The summed E-state index contributed by atoms with van der Waals surface area (Å²) in [5.74, 6) is -2.35. The van der Waals surface area contributed by atoms with E-state index in [1.54, 1.807) is 6.92 Å². The van der Waals surface area contributed by atoms with Gasteiger partial charge in [-0.1, -0.05) is 11.6 Å². The molecule has 2 aromatic carbocycles. The maximum Gasteiger partial charge on any atom is 0.420 e. The van der Waals surface area contributed by atoms with Crippen LogP contribution in [0.1, 0.15) is 29.3 Å². The highest BCUT2D eigenvalue weighted by Crippen LogP contribution is 2.47. The number of rotatable bonds is 3. The van der Waals surface area contributed by atoms with Crippen LogP contribution in [0.3, 0.4) is 0 Å². The van der Waals surface area contributed by atoms with Crippen molar-refractivity contribution < 1.29 is 40.6 Å². The molecule has 3 rings (SSSR count). The van der Waals surface area contributed by atoms with E-state index in [2.05, 4.69) is 4.98 Å². The summed E-state index contributed by atoms with van der Waals surface area (Å²) in [7, 11) is 0. The summed E-state index contributed by atoms with van der Waals surface area (Å²) >= 11 is 5.83. The van der Waals surface area contributed by atoms with Gasteiger partial charge in [-0.3, -0.25) is 9.78 Å². The van der Waals surface area contributed by atoms with Crippen molar-refractivity contribution in [2.75, 3.05) is 0 Å². The highest BCUT2D eigenvalue weighted by molar-refractivity contribution is 6.32. The average Bonchev–Trinajstić information content (AvgIpc) is 2.65. The minimum Gasteiger partial charge on any atom is -0.455 e. The third kappa shape index (κ3) is 4.59. The molecule has 4 nitrogen and oxygen atoms in total. The predicted octanol–water partition coefficient (Wildman–Crippen LogP) is 7.26. The highest BCUT2D eigenvalue weighted by atomic mass is 35.5. The van der Waals surface area contributed by atoms with Crippen molar-refractivity contribution in [3.8, 4) is 17.2 Å². The quantitative estimate of drug-likeness (QED) is 0.294. The van der Waals surface area contributed by atoms with Gasteiger partial charge in [0.2, 0.25) is 0 Å². The SMILES string of the molecule is CC(=O)Oc1c(C)c(C)nc2ccc(Oc3ccc(C(F)(F)F)cc3Cl)c(C(F)(F)F)c12. The smallest absolute Gasteiger partial charge is 0.420 e. The summed E-state index contributed by atoms with van der Waals surface area (Å²) in [6, 6.07) is 4.19. The van der Waals surface area contributed by atoms with Crippen molar-refractivity contribution in [2.24, 2.45) is 0 Å². The second-order valence-corrected chi connectivity index (χ2v) is 7.23. The average molecular weight is 478 g/mol. The molecular formula is C21H14ClF6NO3. The number of hydrogen-bond acceptors (Lipinski definition) is 4. The Labute approximate surface area is 182 Å². The molecule has 0 aliphatic rings. The van der Waals surface area contributed by atoms with E-state index in [1.165, 1.54) is 13.0 Å². The first-order valence-corrected chi connectivity index (χ1v) is 9.32. The van der Waals surface area contributed by atoms with E-state index in [0.717, 1.165) is 19.1 Å². The maximum atomic E-state index is 14.1. The molecule has 0 radical (unpaired) electrons. The van der Waals surface area contributed by atoms with Gasteiger partial charge >= 0.3 is 18.3 Å². The summed E-state index contributed by atoms with van der Waals surface area (Å²) in [6.45, 7) is 4.03. The molecule has 0 unspecified atom stereocenters. The summed E-state index contributed by atoms with van der Waals surface area (Å²) in [6.07, 6.45) is -9.69. The molecule has 3 aromatic rings. The van der Waals surface area contributed by atoms with Crippen LogP contribution in [0.15, 0.2) is 30.3 Å². The fourth-order valence-electron chi connectivity index (χ4n) is 3.03. The summed E-state index contributed by atoms with van der Waals surface area (Å²) < 4.78 is 91.3. The fourth-order valence-corrected chi connectivity index (χ4v) is 3.25. The van der Waals surface area contributed by atoms with Gasteiger partial charge in [0.25, 0.3) is 0 Å². The molecule has 0 N–H and O–H groups in total. The predicted molar refractivity (Wildman–Crippen MR) is 104 cm³/mol. The third-order valence-electron chi connectivity index (χ3n) is 4.55. The maximum absolute atomic E-state index is 14.1. The lowest BCUT2D eigenvalue weighted by Crippen LogP contribution is -2.12. The molecule has 0 fully saturated rings. The van der Waals surface area contributed by atoms with Crippen molar-refractivity contribution in [1.82, 2.24) is 4.98 Å². The third-order valence-corrected chi connectivity index (χ3v) is 4.85. The first-order chi connectivity index (χ1) is 14.7. The first kappa shape index (κ1) is 23.6. The Kier molecular flexibility index (Phi) is 6.03. The number of benzene rings is 2. The number of esters is 1. The molecule has 0 saturated heterocycles. The Balaban J connectivity index is 2.27. The number of ether oxygens (including phenoxy) is 2. The van der Waals surface area contributed by atoms with Crippen LogP contribution in [0.4, 0.5) is 26.3 Å². The summed E-state index contributed by atoms with van der Waals surface area (Å²) in [4.78, 5) is 15.7. The molecule has 1 aromatic heterocycles. The standard InChI is InChI=1S/C21H14ClF6NO3/c1-9-10(2)29-14-5-7-16(18(21(26,27)28)17(14)19(9)31-11(3)30)32-15-6-4-12(8-13(15)22)20(23,24)25/h4-8H,1-3H3. The Morgan fingerprint density at radius 2 is 1.59 bits per heavy atom. The second-order valence-electron chi connectivity index (χ2n) is 6.82. The van der Waals surface area contributed by atoms with Gasteiger partial charge in [-0.2, -0.15) is 26.3 Å². The zero-order valence-corrected chi connectivity index (χ0v) is 17.5. The zero-order valence-electron chi connectivity index (χ0n) is 16.7. The van der Waals surface area contributed by atoms with Crippen LogP contribution in [0.5, 0.6) is 17.2 Å². The van der Waals surface area contributed by atoms with Gasteiger partial charge in [-0.05, 0) is 44.2 Å². The Morgan fingerprint density at radius 1 is 0.969 bits per heavy atom. The number of carbonyl (C=O) groups excluding carboxylic acids is 1. The molecule has 0 atom stereocenters. The molecule has 0 aliphatic carbocycles. The van der Waals surface area contributed by atoms with E-state index in [-0.39, 0.29) is 16.8 Å². The van der Waals surface area contributed by atoms with Crippen molar-refractivity contribution in [3.05, 3.63) is 57.7 Å². The number of halogens is 7. The summed E-state index contributed by atoms with van der Waals surface area (Å²) in [5, 5.41) is -1.05. The van der Waals surface area contributed by atoms with Crippen LogP contribution in [0.2, 0.25) is 5.02 Å².